The number of ketones is 1. The lowest BCUT2D eigenvalue weighted by atomic mass is 9.60. The molecule has 5 nitrogen and oxygen atoms in total. The molecule has 3 saturated carbocycles. The van der Waals surface area contributed by atoms with E-state index in [9.17, 15) is 25.2 Å². The molecule has 37 heavy (non-hydrogen) atoms. The number of aliphatic hydroxyl groups is 4. The van der Waals surface area contributed by atoms with Crippen LogP contribution in [0.4, 0.5) is 0 Å². The Morgan fingerprint density at radius 1 is 1.14 bits per heavy atom. The molecule has 3 fully saturated rings. The van der Waals surface area contributed by atoms with Gasteiger partial charge in [0.2, 0.25) is 0 Å². The van der Waals surface area contributed by atoms with Gasteiger partial charge in [0.05, 0.1) is 17.8 Å². The van der Waals surface area contributed by atoms with Gasteiger partial charge in [-0.1, -0.05) is 44.1 Å². The summed E-state index contributed by atoms with van der Waals surface area (Å²) in [6.45, 7) is 13.4. The average molecular weight is 517 g/mol. The molecule has 210 valence electrons. The molecular formula is C32H52O5. The van der Waals surface area contributed by atoms with Gasteiger partial charge in [-0.2, -0.15) is 0 Å². The number of carbonyl (C=O) groups excluding carboxylic acids is 1. The highest BCUT2D eigenvalue weighted by atomic mass is 16.3. The van der Waals surface area contributed by atoms with Crippen LogP contribution < -0.4 is 0 Å². The monoisotopic (exact) mass is 516 g/mol. The van der Waals surface area contributed by atoms with E-state index < -0.39 is 23.4 Å². The minimum absolute atomic E-state index is 0.0902. The lowest BCUT2D eigenvalue weighted by molar-refractivity contribution is -0.134. The van der Waals surface area contributed by atoms with Gasteiger partial charge >= 0.3 is 0 Å². The van der Waals surface area contributed by atoms with Crippen LogP contribution in [-0.2, 0) is 4.79 Å². The number of carbonyl (C=O) groups is 1. The van der Waals surface area contributed by atoms with Crippen molar-refractivity contribution in [3.05, 3.63) is 35.5 Å². The zero-order valence-corrected chi connectivity index (χ0v) is 23.9. The Balaban J connectivity index is 1.79. The zero-order chi connectivity index (χ0) is 27.6. The van der Waals surface area contributed by atoms with E-state index in [1.54, 1.807) is 13.8 Å². The van der Waals surface area contributed by atoms with Gasteiger partial charge in [-0.05, 0) is 113 Å². The van der Waals surface area contributed by atoms with Gasteiger partial charge in [-0.15, -0.1) is 0 Å². The SMILES string of the molecule is C=C1/C(=C\C=C2/CCC[C@@]3(C)C2CC[C@@H]3[C@@H](CCCC(C)(C)O)CCC(=O)C(C)(C)O)CC(O)C[C@@H]1O. The molecule has 0 saturated heterocycles. The molecule has 3 aliphatic rings. The normalized spacial score (nSPS) is 34.1. The van der Waals surface area contributed by atoms with E-state index in [1.165, 1.54) is 12.0 Å². The molecule has 3 aliphatic carbocycles. The molecule has 2 unspecified atom stereocenters. The first kappa shape index (κ1) is 30.3. The Hall–Kier alpha value is -1.27. The molecule has 0 aliphatic heterocycles. The number of fused-ring (bicyclic) bond motifs is 1. The van der Waals surface area contributed by atoms with E-state index in [2.05, 4.69) is 25.7 Å². The van der Waals surface area contributed by atoms with Crippen LogP contribution in [0, 0.1) is 23.2 Å². The number of hydrogen-bond acceptors (Lipinski definition) is 5. The summed E-state index contributed by atoms with van der Waals surface area (Å²) in [7, 11) is 0. The lowest BCUT2D eigenvalue weighted by Crippen LogP contribution is -2.37. The maximum Gasteiger partial charge on any atom is 0.163 e. The highest BCUT2D eigenvalue weighted by Crippen LogP contribution is 2.60. The standard InChI is InChI=1S/C32H52O5/c1-21-24(19-25(33)20-28(21)34)12-11-22-10-8-18-32(6)26(22)14-15-27(32)23(9-7-17-30(2,3)36)13-16-29(35)31(4,5)37/h11-12,23,25-28,33-34,36-37H,1,7-10,13-20H2,2-6H3/b22-11+,24-12-/t23-,25?,26?,27+,28-,32-/m0/s1. The van der Waals surface area contributed by atoms with E-state index in [1.807, 2.05) is 13.8 Å². The van der Waals surface area contributed by atoms with Gasteiger partial charge < -0.3 is 20.4 Å². The Morgan fingerprint density at radius 3 is 2.49 bits per heavy atom. The molecule has 0 heterocycles. The molecule has 0 aromatic carbocycles. The van der Waals surface area contributed by atoms with Crippen LogP contribution in [-0.4, -0.2) is 49.6 Å². The fourth-order valence-corrected chi connectivity index (χ4v) is 7.48. The Labute approximate surface area is 224 Å². The summed E-state index contributed by atoms with van der Waals surface area (Å²) in [5, 5.41) is 40.8. The average Bonchev–Trinajstić information content (AvgIpc) is 3.13. The fraction of sp³-hybridized carbons (Fsp3) is 0.781. The summed E-state index contributed by atoms with van der Waals surface area (Å²) < 4.78 is 0. The number of aliphatic hydroxyl groups excluding tert-OH is 2. The maximum atomic E-state index is 12.6. The molecule has 0 radical (unpaired) electrons. The third-order valence-electron chi connectivity index (χ3n) is 9.66. The Bertz CT molecular complexity index is 886. The summed E-state index contributed by atoms with van der Waals surface area (Å²) in [6.07, 6.45) is 13.6. The number of rotatable bonds is 10. The summed E-state index contributed by atoms with van der Waals surface area (Å²) in [5.74, 6) is 1.31. The van der Waals surface area contributed by atoms with Gasteiger partial charge in [0.1, 0.15) is 5.60 Å². The van der Waals surface area contributed by atoms with Crippen molar-refractivity contribution in [2.24, 2.45) is 23.2 Å². The molecule has 0 bridgehead atoms. The minimum Gasteiger partial charge on any atom is -0.393 e. The molecular weight excluding hydrogens is 464 g/mol. The third-order valence-corrected chi connectivity index (χ3v) is 9.66. The van der Waals surface area contributed by atoms with E-state index in [4.69, 9.17) is 0 Å². The predicted molar refractivity (Wildman–Crippen MR) is 149 cm³/mol. The Kier molecular flexibility index (Phi) is 9.70. The fourth-order valence-electron chi connectivity index (χ4n) is 7.48. The first-order chi connectivity index (χ1) is 17.1. The van der Waals surface area contributed by atoms with Gasteiger partial charge in [0, 0.05) is 12.8 Å². The van der Waals surface area contributed by atoms with Gasteiger partial charge in [0.15, 0.2) is 5.78 Å². The largest absolute Gasteiger partial charge is 0.393 e. The molecule has 3 rings (SSSR count). The maximum absolute atomic E-state index is 12.6. The van der Waals surface area contributed by atoms with Crippen LogP contribution in [0.2, 0.25) is 0 Å². The first-order valence-corrected chi connectivity index (χ1v) is 14.5. The molecule has 0 amide bonds. The zero-order valence-electron chi connectivity index (χ0n) is 23.9. The molecule has 5 heteroatoms. The second kappa shape index (κ2) is 11.9. The molecule has 0 aromatic rings. The van der Waals surface area contributed by atoms with Crippen LogP contribution in [0.25, 0.3) is 0 Å². The summed E-state index contributed by atoms with van der Waals surface area (Å²) >= 11 is 0. The molecule has 6 atom stereocenters. The summed E-state index contributed by atoms with van der Waals surface area (Å²) in [4.78, 5) is 12.6. The number of Topliss-reactive ketones (excluding diaryl/α,β-unsaturated/α-hetero) is 1. The second-order valence-corrected chi connectivity index (χ2v) is 13.6. The van der Waals surface area contributed by atoms with Crippen molar-refractivity contribution < 1.29 is 25.2 Å². The minimum atomic E-state index is -1.29. The van der Waals surface area contributed by atoms with Gasteiger partial charge in [-0.3, -0.25) is 4.79 Å². The third kappa shape index (κ3) is 7.65. The predicted octanol–water partition coefficient (Wildman–Crippen LogP) is 5.81. The number of allylic oxidation sites excluding steroid dienone is 3. The van der Waals surface area contributed by atoms with E-state index in [-0.39, 0.29) is 11.2 Å². The van der Waals surface area contributed by atoms with Crippen molar-refractivity contribution >= 4 is 5.78 Å². The van der Waals surface area contributed by atoms with Crippen molar-refractivity contribution in [2.75, 3.05) is 0 Å². The van der Waals surface area contributed by atoms with Gasteiger partial charge in [-0.25, -0.2) is 0 Å². The molecule has 0 aromatic heterocycles. The van der Waals surface area contributed by atoms with Crippen LogP contribution in [0.1, 0.15) is 112 Å². The van der Waals surface area contributed by atoms with E-state index in [0.717, 1.165) is 62.5 Å². The van der Waals surface area contributed by atoms with Crippen molar-refractivity contribution in [3.8, 4) is 0 Å². The van der Waals surface area contributed by atoms with Crippen molar-refractivity contribution in [1.82, 2.24) is 0 Å². The van der Waals surface area contributed by atoms with Crippen molar-refractivity contribution in [2.45, 2.75) is 135 Å². The summed E-state index contributed by atoms with van der Waals surface area (Å²) in [5.41, 5.74) is 1.34. The Morgan fingerprint density at radius 2 is 1.84 bits per heavy atom. The smallest absolute Gasteiger partial charge is 0.163 e. The first-order valence-electron chi connectivity index (χ1n) is 14.5. The lowest BCUT2D eigenvalue weighted by Gasteiger charge is -2.45. The van der Waals surface area contributed by atoms with Crippen LogP contribution in [0.15, 0.2) is 35.5 Å². The summed E-state index contributed by atoms with van der Waals surface area (Å²) in [6, 6.07) is 0. The van der Waals surface area contributed by atoms with Crippen molar-refractivity contribution in [1.29, 1.82) is 0 Å². The quantitative estimate of drug-likeness (QED) is 0.294. The van der Waals surface area contributed by atoms with E-state index in [0.29, 0.717) is 37.0 Å². The second-order valence-electron chi connectivity index (χ2n) is 13.6. The van der Waals surface area contributed by atoms with Crippen LogP contribution in [0.5, 0.6) is 0 Å². The van der Waals surface area contributed by atoms with Crippen molar-refractivity contribution in [3.63, 3.8) is 0 Å². The van der Waals surface area contributed by atoms with Gasteiger partial charge in [0.25, 0.3) is 0 Å². The van der Waals surface area contributed by atoms with Crippen LogP contribution in [0.3, 0.4) is 0 Å². The molecule has 4 N–H and O–H groups in total. The topological polar surface area (TPSA) is 98.0 Å². The van der Waals surface area contributed by atoms with E-state index >= 15 is 0 Å². The number of hydrogen-bond donors (Lipinski definition) is 4. The van der Waals surface area contributed by atoms with Crippen LogP contribution >= 0.6 is 0 Å². The highest BCUT2D eigenvalue weighted by Gasteiger charge is 2.51. The highest BCUT2D eigenvalue weighted by molar-refractivity contribution is 5.86. The molecule has 0 spiro atoms.